The molecule has 1 amide bonds. The van der Waals surface area contributed by atoms with Gasteiger partial charge in [-0.2, -0.15) is 0 Å². The summed E-state index contributed by atoms with van der Waals surface area (Å²) >= 11 is 0. The summed E-state index contributed by atoms with van der Waals surface area (Å²) in [5.74, 6) is -1.90. The minimum Gasteiger partial charge on any atom is -0.370 e. The molecule has 7 heteroatoms. The highest BCUT2D eigenvalue weighted by molar-refractivity contribution is 5.81. The third-order valence-electron chi connectivity index (χ3n) is 3.90. The fourth-order valence-corrected chi connectivity index (χ4v) is 2.69. The lowest BCUT2D eigenvalue weighted by Crippen LogP contribution is -2.52. The second-order valence-corrected chi connectivity index (χ2v) is 5.38. The van der Waals surface area contributed by atoms with Gasteiger partial charge in [0.2, 0.25) is 0 Å². The van der Waals surface area contributed by atoms with Crippen LogP contribution in [0, 0.1) is 11.6 Å². The molecule has 0 aliphatic carbocycles. The average molecular weight is 312 g/mol. The maximum atomic E-state index is 13.3. The Morgan fingerprint density at radius 1 is 1.23 bits per heavy atom. The minimum atomic E-state index is -0.913. The highest BCUT2D eigenvalue weighted by atomic mass is 19.2. The summed E-state index contributed by atoms with van der Waals surface area (Å²) in [5.41, 5.74) is 0.527. The first-order valence-electron chi connectivity index (χ1n) is 7.33. The van der Waals surface area contributed by atoms with Crippen molar-refractivity contribution in [3.05, 3.63) is 35.4 Å². The summed E-state index contributed by atoms with van der Waals surface area (Å²) in [6, 6.07) is 3.67. The lowest BCUT2D eigenvalue weighted by atomic mass is 10.1. The van der Waals surface area contributed by atoms with Crippen molar-refractivity contribution in [2.24, 2.45) is 0 Å². The van der Waals surface area contributed by atoms with Crippen molar-refractivity contribution in [2.75, 3.05) is 39.4 Å². The van der Waals surface area contributed by atoms with Crippen LogP contribution in [0.4, 0.5) is 8.78 Å². The van der Waals surface area contributed by atoms with Gasteiger partial charge in [-0.25, -0.2) is 8.78 Å². The molecule has 2 unspecified atom stereocenters. The highest BCUT2D eigenvalue weighted by Crippen LogP contribution is 2.24. The standard InChI is InChI=1S/C15H18F2N2O3/c16-11-2-1-10(7-12(11)17)14-9-19(4-6-22-14)15(20)13-8-18-3-5-21-13/h1-2,7,13-14,18H,3-6,8-9H2. The Labute approximate surface area is 127 Å². The van der Waals surface area contributed by atoms with E-state index in [0.717, 1.165) is 18.7 Å². The minimum absolute atomic E-state index is 0.0944. The zero-order valence-electron chi connectivity index (χ0n) is 12.1. The number of rotatable bonds is 2. The quantitative estimate of drug-likeness (QED) is 0.880. The van der Waals surface area contributed by atoms with E-state index < -0.39 is 23.8 Å². The van der Waals surface area contributed by atoms with Gasteiger partial charge in [-0.15, -0.1) is 0 Å². The Morgan fingerprint density at radius 3 is 2.82 bits per heavy atom. The molecule has 0 saturated carbocycles. The van der Waals surface area contributed by atoms with Crippen molar-refractivity contribution in [3.63, 3.8) is 0 Å². The summed E-state index contributed by atoms with van der Waals surface area (Å²) in [6.07, 6.45) is -0.943. The van der Waals surface area contributed by atoms with Crippen LogP contribution in [0.15, 0.2) is 18.2 Å². The number of ether oxygens (including phenoxy) is 2. The van der Waals surface area contributed by atoms with E-state index in [0.29, 0.717) is 38.4 Å². The maximum absolute atomic E-state index is 13.3. The molecular formula is C15H18F2N2O3. The smallest absolute Gasteiger partial charge is 0.253 e. The topological polar surface area (TPSA) is 50.8 Å². The number of morpholine rings is 2. The summed E-state index contributed by atoms with van der Waals surface area (Å²) in [6.45, 7) is 2.88. The highest BCUT2D eigenvalue weighted by Gasteiger charge is 2.31. The van der Waals surface area contributed by atoms with Gasteiger partial charge in [0.15, 0.2) is 11.6 Å². The van der Waals surface area contributed by atoms with Gasteiger partial charge in [0.25, 0.3) is 5.91 Å². The zero-order chi connectivity index (χ0) is 15.5. The van der Waals surface area contributed by atoms with Gasteiger partial charge in [-0.05, 0) is 17.7 Å². The van der Waals surface area contributed by atoms with Gasteiger partial charge in [0, 0.05) is 19.6 Å². The number of benzene rings is 1. The van der Waals surface area contributed by atoms with E-state index >= 15 is 0 Å². The average Bonchev–Trinajstić information content (AvgIpc) is 2.57. The van der Waals surface area contributed by atoms with Crippen molar-refractivity contribution in [1.29, 1.82) is 0 Å². The van der Waals surface area contributed by atoms with Gasteiger partial charge < -0.3 is 19.7 Å². The van der Waals surface area contributed by atoms with E-state index in [1.807, 2.05) is 0 Å². The number of carbonyl (C=O) groups is 1. The first-order valence-corrected chi connectivity index (χ1v) is 7.33. The molecule has 2 aliphatic rings. The fraction of sp³-hybridized carbons (Fsp3) is 0.533. The maximum Gasteiger partial charge on any atom is 0.253 e. The van der Waals surface area contributed by atoms with Crippen LogP contribution in [0.3, 0.4) is 0 Å². The third kappa shape index (κ3) is 3.26. The number of halogens is 2. The lowest BCUT2D eigenvalue weighted by Gasteiger charge is -2.36. The van der Waals surface area contributed by atoms with Gasteiger partial charge in [-0.3, -0.25) is 4.79 Å². The first kappa shape index (κ1) is 15.3. The Kier molecular flexibility index (Phi) is 4.66. The van der Waals surface area contributed by atoms with Crippen molar-refractivity contribution in [2.45, 2.75) is 12.2 Å². The molecule has 1 aromatic rings. The van der Waals surface area contributed by atoms with E-state index in [2.05, 4.69) is 5.32 Å². The third-order valence-corrected chi connectivity index (χ3v) is 3.90. The molecule has 2 atom stereocenters. The van der Waals surface area contributed by atoms with E-state index in [1.165, 1.54) is 6.07 Å². The van der Waals surface area contributed by atoms with Gasteiger partial charge in [0.05, 0.1) is 19.8 Å². The van der Waals surface area contributed by atoms with Crippen molar-refractivity contribution in [3.8, 4) is 0 Å². The molecule has 2 aliphatic heterocycles. The van der Waals surface area contributed by atoms with Crippen molar-refractivity contribution < 1.29 is 23.0 Å². The van der Waals surface area contributed by atoms with E-state index in [1.54, 1.807) is 4.90 Å². The van der Waals surface area contributed by atoms with Crippen LogP contribution in [0.1, 0.15) is 11.7 Å². The van der Waals surface area contributed by atoms with E-state index in [-0.39, 0.29) is 5.91 Å². The van der Waals surface area contributed by atoms with Crippen LogP contribution in [0.5, 0.6) is 0 Å². The predicted octanol–water partition coefficient (Wildman–Crippen LogP) is 0.853. The summed E-state index contributed by atoms with van der Waals surface area (Å²) in [5, 5.41) is 3.12. The molecule has 1 N–H and O–H groups in total. The van der Waals surface area contributed by atoms with Crippen molar-refractivity contribution in [1.82, 2.24) is 10.2 Å². The zero-order valence-corrected chi connectivity index (χ0v) is 12.1. The largest absolute Gasteiger partial charge is 0.370 e. The molecule has 2 heterocycles. The van der Waals surface area contributed by atoms with Crippen LogP contribution in [0.2, 0.25) is 0 Å². The van der Waals surface area contributed by atoms with Crippen LogP contribution in [-0.2, 0) is 14.3 Å². The molecule has 0 aromatic heterocycles. The second-order valence-electron chi connectivity index (χ2n) is 5.38. The van der Waals surface area contributed by atoms with Crippen LogP contribution in [0.25, 0.3) is 0 Å². The van der Waals surface area contributed by atoms with E-state index in [9.17, 15) is 13.6 Å². The normalized spacial score (nSPS) is 26.0. The lowest BCUT2D eigenvalue weighted by molar-refractivity contribution is -0.152. The molecule has 5 nitrogen and oxygen atoms in total. The molecule has 22 heavy (non-hydrogen) atoms. The molecule has 3 rings (SSSR count). The molecular weight excluding hydrogens is 294 g/mol. The van der Waals surface area contributed by atoms with Crippen LogP contribution in [-0.4, -0.2) is 56.3 Å². The number of nitrogens with zero attached hydrogens (tertiary/aromatic N) is 1. The number of hydrogen-bond donors (Lipinski definition) is 1. The molecule has 120 valence electrons. The first-order chi connectivity index (χ1) is 10.6. The number of nitrogens with one attached hydrogen (secondary N) is 1. The van der Waals surface area contributed by atoms with Gasteiger partial charge in [0.1, 0.15) is 12.2 Å². The molecule has 2 saturated heterocycles. The van der Waals surface area contributed by atoms with Crippen LogP contribution >= 0.6 is 0 Å². The molecule has 0 spiro atoms. The Hall–Kier alpha value is -1.57. The Balaban J connectivity index is 1.68. The predicted molar refractivity (Wildman–Crippen MR) is 74.2 cm³/mol. The Bertz CT molecular complexity index is 550. The Morgan fingerprint density at radius 2 is 2.09 bits per heavy atom. The summed E-state index contributed by atoms with van der Waals surface area (Å²) in [4.78, 5) is 14.1. The molecule has 2 fully saturated rings. The second kappa shape index (κ2) is 6.68. The fourth-order valence-electron chi connectivity index (χ4n) is 2.69. The number of hydrogen-bond acceptors (Lipinski definition) is 4. The van der Waals surface area contributed by atoms with Gasteiger partial charge in [-0.1, -0.05) is 6.07 Å². The van der Waals surface area contributed by atoms with Crippen LogP contribution < -0.4 is 5.32 Å². The van der Waals surface area contributed by atoms with Gasteiger partial charge >= 0.3 is 0 Å². The van der Waals surface area contributed by atoms with Crippen molar-refractivity contribution >= 4 is 5.91 Å². The number of amides is 1. The monoisotopic (exact) mass is 312 g/mol. The molecule has 1 aromatic carbocycles. The summed E-state index contributed by atoms with van der Waals surface area (Å²) < 4.78 is 37.4. The SMILES string of the molecule is O=C(C1CNCCO1)N1CCOC(c2ccc(F)c(F)c2)C1. The van der Waals surface area contributed by atoms with E-state index in [4.69, 9.17) is 9.47 Å². The summed E-state index contributed by atoms with van der Waals surface area (Å²) in [7, 11) is 0. The molecule has 0 bridgehead atoms. The molecule has 0 radical (unpaired) electrons. The number of carbonyl (C=O) groups excluding carboxylic acids is 1.